The number of esters is 1. The SMILES string of the molecule is CCC1CCCc2ccc3c(ccc4cc([N+](=O)[O-])ccc43)c21.COC(=O)c1ccc2nccnc2c1. The summed E-state index contributed by atoms with van der Waals surface area (Å²) < 4.78 is 4.60. The van der Waals surface area contributed by atoms with Crippen molar-refractivity contribution >= 4 is 44.2 Å². The summed E-state index contributed by atoms with van der Waals surface area (Å²) in [6.07, 6.45) is 8.08. The highest BCUT2D eigenvalue weighted by atomic mass is 16.6. The average Bonchev–Trinajstić information content (AvgIpc) is 2.95. The number of methoxy groups -OCH3 is 1. The number of carbonyl (C=O) groups is 1. The Labute approximate surface area is 214 Å². The number of rotatable bonds is 3. The number of ether oxygens (including phenoxy) is 1. The van der Waals surface area contributed by atoms with E-state index in [9.17, 15) is 14.9 Å². The largest absolute Gasteiger partial charge is 0.465 e. The number of fused-ring (bicyclic) bond motifs is 6. The second kappa shape index (κ2) is 10.3. The summed E-state index contributed by atoms with van der Waals surface area (Å²) in [7, 11) is 1.35. The topological polar surface area (TPSA) is 95.2 Å². The molecule has 1 heterocycles. The molecule has 7 nitrogen and oxygen atoms in total. The molecule has 1 unspecified atom stereocenters. The van der Waals surface area contributed by atoms with Crippen molar-refractivity contribution in [2.45, 2.75) is 38.5 Å². The molecule has 4 aromatic carbocycles. The highest BCUT2D eigenvalue weighted by Gasteiger charge is 2.21. The molecular formula is C30H27N3O4. The van der Waals surface area contributed by atoms with Gasteiger partial charge in [0.1, 0.15) is 0 Å². The minimum Gasteiger partial charge on any atom is -0.465 e. The van der Waals surface area contributed by atoms with Gasteiger partial charge in [-0.2, -0.15) is 0 Å². The van der Waals surface area contributed by atoms with Gasteiger partial charge in [0.15, 0.2) is 0 Å². The maximum atomic E-state index is 11.2. The maximum Gasteiger partial charge on any atom is 0.337 e. The third-order valence-electron chi connectivity index (χ3n) is 7.13. The van der Waals surface area contributed by atoms with Crippen molar-refractivity contribution in [3.05, 3.63) is 99.9 Å². The molecule has 0 saturated carbocycles. The van der Waals surface area contributed by atoms with Crippen molar-refractivity contribution in [3.63, 3.8) is 0 Å². The molecule has 1 aliphatic rings. The first-order chi connectivity index (χ1) is 18.0. The van der Waals surface area contributed by atoms with Gasteiger partial charge in [0.25, 0.3) is 5.69 Å². The molecule has 5 aromatic rings. The van der Waals surface area contributed by atoms with E-state index in [1.807, 2.05) is 12.1 Å². The molecule has 0 spiro atoms. The first-order valence-electron chi connectivity index (χ1n) is 12.4. The highest BCUT2D eigenvalue weighted by molar-refractivity contribution is 6.09. The van der Waals surface area contributed by atoms with E-state index in [0.717, 1.165) is 16.3 Å². The van der Waals surface area contributed by atoms with Crippen LogP contribution in [0.25, 0.3) is 32.6 Å². The van der Waals surface area contributed by atoms with Crippen LogP contribution in [-0.4, -0.2) is 28.0 Å². The lowest BCUT2D eigenvalue weighted by Crippen LogP contribution is -2.09. The lowest BCUT2D eigenvalue weighted by atomic mass is 9.78. The molecule has 7 heteroatoms. The van der Waals surface area contributed by atoms with E-state index in [1.54, 1.807) is 42.7 Å². The Balaban J connectivity index is 0.000000171. The molecule has 0 N–H and O–H groups in total. The molecule has 37 heavy (non-hydrogen) atoms. The minimum atomic E-state index is -0.363. The fourth-order valence-corrected chi connectivity index (χ4v) is 5.32. The van der Waals surface area contributed by atoms with Gasteiger partial charge in [-0.05, 0) is 88.5 Å². The minimum absolute atomic E-state index is 0.154. The summed E-state index contributed by atoms with van der Waals surface area (Å²) in [5, 5.41) is 15.6. The first-order valence-corrected chi connectivity index (χ1v) is 12.4. The molecule has 0 saturated heterocycles. The normalized spacial score (nSPS) is 14.6. The van der Waals surface area contributed by atoms with E-state index in [0.29, 0.717) is 17.0 Å². The predicted octanol–water partition coefficient (Wildman–Crippen LogP) is 7.15. The molecule has 0 aliphatic heterocycles. The standard InChI is InChI=1S/C20H19NO2.C10H8N2O2/c1-2-13-4-3-5-14-6-9-18-17-11-8-16(21(22)23)12-15(17)7-10-19(18)20(13)14;1-14-10(13)7-2-3-8-9(6-7)12-5-4-11-8/h6-13H,2-5H2,1H3;2-6H,1H3. The zero-order valence-corrected chi connectivity index (χ0v) is 20.8. The molecule has 0 fully saturated rings. The molecular weight excluding hydrogens is 466 g/mol. The lowest BCUT2D eigenvalue weighted by molar-refractivity contribution is -0.384. The summed E-state index contributed by atoms with van der Waals surface area (Å²) in [4.78, 5) is 30.0. The van der Waals surface area contributed by atoms with Gasteiger partial charge in [-0.3, -0.25) is 20.1 Å². The number of nitrogens with zero attached hydrogens (tertiary/aromatic N) is 3. The predicted molar refractivity (Wildman–Crippen MR) is 145 cm³/mol. The Kier molecular flexibility index (Phi) is 6.77. The van der Waals surface area contributed by atoms with Gasteiger partial charge in [0.2, 0.25) is 0 Å². The van der Waals surface area contributed by atoms with Crippen molar-refractivity contribution in [2.24, 2.45) is 0 Å². The molecule has 6 rings (SSSR count). The van der Waals surface area contributed by atoms with Gasteiger partial charge in [-0.15, -0.1) is 0 Å². The summed E-state index contributed by atoms with van der Waals surface area (Å²) in [6.45, 7) is 2.27. The number of benzene rings is 4. The van der Waals surface area contributed by atoms with Crippen molar-refractivity contribution in [2.75, 3.05) is 7.11 Å². The van der Waals surface area contributed by atoms with Crippen LogP contribution < -0.4 is 0 Å². The zero-order chi connectivity index (χ0) is 25.9. The summed E-state index contributed by atoms with van der Waals surface area (Å²) in [5.41, 5.74) is 5.09. The van der Waals surface area contributed by atoms with Crippen LogP contribution in [0.4, 0.5) is 5.69 Å². The Morgan fingerprint density at radius 3 is 2.49 bits per heavy atom. The van der Waals surface area contributed by atoms with Gasteiger partial charge in [-0.1, -0.05) is 31.2 Å². The summed E-state index contributed by atoms with van der Waals surface area (Å²) >= 11 is 0. The molecule has 1 atom stereocenters. The quantitative estimate of drug-likeness (QED) is 0.115. The van der Waals surface area contributed by atoms with E-state index in [2.05, 4.69) is 39.8 Å². The number of nitro benzene ring substituents is 1. The average molecular weight is 494 g/mol. The van der Waals surface area contributed by atoms with Gasteiger partial charge in [0.05, 0.1) is 28.6 Å². The Hall–Kier alpha value is -4.39. The van der Waals surface area contributed by atoms with Crippen LogP contribution in [0.2, 0.25) is 0 Å². The van der Waals surface area contributed by atoms with Gasteiger partial charge < -0.3 is 4.74 Å². The number of nitro groups is 1. The van der Waals surface area contributed by atoms with Crippen molar-refractivity contribution < 1.29 is 14.5 Å². The van der Waals surface area contributed by atoms with Crippen LogP contribution in [-0.2, 0) is 11.2 Å². The first kappa shape index (κ1) is 24.3. The molecule has 0 bridgehead atoms. The van der Waals surface area contributed by atoms with Gasteiger partial charge in [-0.25, -0.2) is 4.79 Å². The molecule has 0 amide bonds. The van der Waals surface area contributed by atoms with Gasteiger partial charge >= 0.3 is 5.97 Å². The van der Waals surface area contributed by atoms with E-state index in [-0.39, 0.29) is 16.6 Å². The second-order valence-corrected chi connectivity index (χ2v) is 9.21. The van der Waals surface area contributed by atoms with Crippen LogP contribution in [0, 0.1) is 10.1 Å². The lowest BCUT2D eigenvalue weighted by Gasteiger charge is -2.26. The number of carbonyl (C=O) groups excluding carboxylic acids is 1. The smallest absolute Gasteiger partial charge is 0.337 e. The second-order valence-electron chi connectivity index (χ2n) is 9.21. The maximum absolute atomic E-state index is 11.2. The summed E-state index contributed by atoms with van der Waals surface area (Å²) in [6, 6.07) is 18.9. The third-order valence-corrected chi connectivity index (χ3v) is 7.13. The number of hydrogen-bond acceptors (Lipinski definition) is 6. The number of aromatic nitrogens is 2. The van der Waals surface area contributed by atoms with E-state index >= 15 is 0 Å². The van der Waals surface area contributed by atoms with Crippen LogP contribution in [0.3, 0.4) is 0 Å². The van der Waals surface area contributed by atoms with Crippen LogP contribution in [0.5, 0.6) is 0 Å². The van der Waals surface area contributed by atoms with E-state index in [4.69, 9.17) is 0 Å². The van der Waals surface area contributed by atoms with Crippen LogP contribution >= 0.6 is 0 Å². The fraction of sp³-hybridized carbons (Fsp3) is 0.233. The van der Waals surface area contributed by atoms with Gasteiger partial charge in [0, 0.05) is 24.5 Å². The third kappa shape index (κ3) is 4.72. The van der Waals surface area contributed by atoms with Crippen LogP contribution in [0.1, 0.15) is 53.6 Å². The van der Waals surface area contributed by atoms with Crippen LogP contribution in [0.15, 0.2) is 73.1 Å². The molecule has 0 radical (unpaired) electrons. The van der Waals surface area contributed by atoms with E-state index in [1.165, 1.54) is 54.7 Å². The van der Waals surface area contributed by atoms with Crippen molar-refractivity contribution in [3.8, 4) is 0 Å². The molecule has 186 valence electrons. The number of aryl methyl sites for hydroxylation is 1. The molecule has 1 aliphatic carbocycles. The number of hydrogen-bond donors (Lipinski definition) is 0. The number of non-ortho nitro benzene ring substituents is 1. The monoisotopic (exact) mass is 493 g/mol. The Bertz CT molecular complexity index is 1650. The Morgan fingerprint density at radius 1 is 0.973 bits per heavy atom. The summed E-state index contributed by atoms with van der Waals surface area (Å²) in [5.74, 6) is 0.274. The zero-order valence-electron chi connectivity index (χ0n) is 20.8. The molecule has 1 aromatic heterocycles. The Morgan fingerprint density at radius 2 is 1.73 bits per heavy atom. The van der Waals surface area contributed by atoms with Crippen molar-refractivity contribution in [1.82, 2.24) is 9.97 Å². The van der Waals surface area contributed by atoms with E-state index < -0.39 is 0 Å². The highest BCUT2D eigenvalue weighted by Crippen LogP contribution is 2.40. The van der Waals surface area contributed by atoms with Crippen molar-refractivity contribution in [1.29, 1.82) is 0 Å². The fourth-order valence-electron chi connectivity index (χ4n) is 5.32.